The van der Waals surface area contributed by atoms with E-state index < -0.39 is 5.82 Å². The minimum Gasteiger partial charge on any atom is -0.325 e. The molecule has 24 heavy (non-hydrogen) atoms. The number of ketones is 1. The van der Waals surface area contributed by atoms with Gasteiger partial charge in [0.2, 0.25) is 5.91 Å². The first kappa shape index (κ1) is 15.8. The van der Waals surface area contributed by atoms with Crippen LogP contribution in [0.3, 0.4) is 0 Å². The highest BCUT2D eigenvalue weighted by Crippen LogP contribution is 2.21. The Hall–Kier alpha value is -3.08. The second-order valence-electron chi connectivity index (χ2n) is 5.35. The fraction of sp³-hybridized carbons (Fsp3) is 0.105. The van der Waals surface area contributed by atoms with Crippen molar-refractivity contribution in [1.29, 1.82) is 0 Å². The number of rotatable bonds is 5. The molecule has 1 aromatic heterocycles. The van der Waals surface area contributed by atoms with Crippen LogP contribution in [-0.4, -0.2) is 16.7 Å². The van der Waals surface area contributed by atoms with Gasteiger partial charge in [-0.05, 0) is 48.5 Å². The second-order valence-corrected chi connectivity index (χ2v) is 5.35. The van der Waals surface area contributed by atoms with E-state index in [-0.39, 0.29) is 24.5 Å². The molecule has 5 heteroatoms. The van der Waals surface area contributed by atoms with Crippen molar-refractivity contribution in [3.8, 4) is 0 Å². The molecule has 0 saturated carbocycles. The number of nitrogens with zero attached hydrogens (tertiary/aromatic N) is 1. The number of carbonyl (C=O) groups excluding carboxylic acids is 2. The first-order valence-corrected chi connectivity index (χ1v) is 7.56. The van der Waals surface area contributed by atoms with Crippen LogP contribution in [0.5, 0.6) is 0 Å². The van der Waals surface area contributed by atoms with E-state index in [9.17, 15) is 14.0 Å². The van der Waals surface area contributed by atoms with E-state index in [2.05, 4.69) is 10.3 Å². The highest BCUT2D eigenvalue weighted by Gasteiger charge is 2.11. The first-order valence-electron chi connectivity index (χ1n) is 7.56. The molecule has 1 heterocycles. The van der Waals surface area contributed by atoms with Crippen LogP contribution in [0.15, 0.2) is 60.8 Å². The molecule has 0 radical (unpaired) electrons. The SMILES string of the molecule is O=C(CCC(=O)c1ccc(F)cc1)Nc1cccc2ncccc12. The number of benzene rings is 2. The Morgan fingerprint density at radius 2 is 1.75 bits per heavy atom. The van der Waals surface area contributed by atoms with E-state index >= 15 is 0 Å². The number of aromatic nitrogens is 1. The average Bonchev–Trinajstić information content (AvgIpc) is 2.61. The summed E-state index contributed by atoms with van der Waals surface area (Å²) in [6.07, 6.45) is 1.82. The van der Waals surface area contributed by atoms with Crippen LogP contribution in [-0.2, 0) is 4.79 Å². The quantitative estimate of drug-likeness (QED) is 0.723. The van der Waals surface area contributed by atoms with Crippen molar-refractivity contribution in [2.45, 2.75) is 12.8 Å². The lowest BCUT2D eigenvalue weighted by atomic mass is 10.1. The lowest BCUT2D eigenvalue weighted by Crippen LogP contribution is -2.13. The predicted molar refractivity (Wildman–Crippen MR) is 90.3 cm³/mol. The third-order valence-electron chi connectivity index (χ3n) is 3.67. The van der Waals surface area contributed by atoms with Gasteiger partial charge in [0.15, 0.2) is 5.78 Å². The number of hydrogen-bond donors (Lipinski definition) is 1. The number of fused-ring (bicyclic) bond motifs is 1. The smallest absolute Gasteiger partial charge is 0.224 e. The van der Waals surface area contributed by atoms with Gasteiger partial charge in [-0.3, -0.25) is 14.6 Å². The number of carbonyl (C=O) groups is 2. The number of amides is 1. The van der Waals surface area contributed by atoms with Crippen molar-refractivity contribution in [2.24, 2.45) is 0 Å². The maximum Gasteiger partial charge on any atom is 0.224 e. The molecule has 0 atom stereocenters. The molecule has 1 amide bonds. The molecule has 1 N–H and O–H groups in total. The molecule has 0 aliphatic rings. The standard InChI is InChI=1S/C19H15FN2O2/c20-14-8-6-13(7-9-14)18(23)10-11-19(24)22-17-5-1-4-16-15(17)3-2-12-21-16/h1-9,12H,10-11H2,(H,22,24). The fourth-order valence-corrected chi connectivity index (χ4v) is 2.43. The summed E-state index contributed by atoms with van der Waals surface area (Å²) < 4.78 is 12.9. The van der Waals surface area contributed by atoms with Gasteiger partial charge >= 0.3 is 0 Å². The molecule has 0 bridgehead atoms. The molecule has 0 saturated heterocycles. The molecule has 0 spiro atoms. The molecule has 0 fully saturated rings. The van der Waals surface area contributed by atoms with E-state index in [1.807, 2.05) is 18.2 Å². The van der Waals surface area contributed by atoms with Gasteiger partial charge < -0.3 is 5.32 Å². The fourth-order valence-electron chi connectivity index (χ4n) is 2.43. The second kappa shape index (κ2) is 7.00. The summed E-state index contributed by atoms with van der Waals surface area (Å²) in [4.78, 5) is 28.3. The van der Waals surface area contributed by atoms with Gasteiger partial charge in [-0.15, -0.1) is 0 Å². The molecule has 3 rings (SSSR count). The van der Waals surface area contributed by atoms with Crippen LogP contribution < -0.4 is 5.32 Å². The van der Waals surface area contributed by atoms with Gasteiger partial charge in [0, 0.05) is 30.0 Å². The summed E-state index contributed by atoms with van der Waals surface area (Å²) in [6, 6.07) is 14.5. The van der Waals surface area contributed by atoms with E-state index in [1.165, 1.54) is 24.3 Å². The Bertz CT molecular complexity index is 886. The van der Waals surface area contributed by atoms with Crippen molar-refractivity contribution in [3.63, 3.8) is 0 Å². The van der Waals surface area contributed by atoms with Crippen molar-refractivity contribution in [2.75, 3.05) is 5.32 Å². The summed E-state index contributed by atoms with van der Waals surface area (Å²) in [6.45, 7) is 0. The molecule has 4 nitrogen and oxygen atoms in total. The zero-order valence-corrected chi connectivity index (χ0v) is 12.8. The maximum atomic E-state index is 12.9. The molecule has 0 aliphatic carbocycles. The van der Waals surface area contributed by atoms with Crippen molar-refractivity contribution in [3.05, 3.63) is 72.2 Å². The van der Waals surface area contributed by atoms with Crippen LogP contribution in [0.1, 0.15) is 23.2 Å². The summed E-state index contributed by atoms with van der Waals surface area (Å²) in [5, 5.41) is 3.66. The van der Waals surface area contributed by atoms with E-state index in [4.69, 9.17) is 0 Å². The molecular weight excluding hydrogens is 307 g/mol. The zero-order chi connectivity index (χ0) is 16.9. The summed E-state index contributed by atoms with van der Waals surface area (Å²) in [7, 11) is 0. The van der Waals surface area contributed by atoms with Crippen molar-refractivity contribution in [1.82, 2.24) is 4.98 Å². The topological polar surface area (TPSA) is 59.1 Å². The number of pyridine rings is 1. The highest BCUT2D eigenvalue weighted by atomic mass is 19.1. The third kappa shape index (κ3) is 3.63. The maximum absolute atomic E-state index is 12.9. The van der Waals surface area contributed by atoms with E-state index in [0.29, 0.717) is 11.3 Å². The van der Waals surface area contributed by atoms with Gasteiger partial charge in [0.05, 0.1) is 11.2 Å². The van der Waals surface area contributed by atoms with Gasteiger partial charge in [0.25, 0.3) is 0 Å². The molecule has 3 aromatic rings. The number of hydrogen-bond acceptors (Lipinski definition) is 3. The minimum atomic E-state index is -0.395. The highest BCUT2D eigenvalue weighted by molar-refractivity contribution is 6.03. The molecule has 0 unspecified atom stereocenters. The minimum absolute atomic E-state index is 0.0624. The lowest BCUT2D eigenvalue weighted by molar-refractivity contribution is -0.116. The first-order chi connectivity index (χ1) is 11.6. The number of Topliss-reactive ketones (excluding diaryl/α,β-unsaturated/α-hetero) is 1. The molecule has 0 aliphatic heterocycles. The number of halogens is 1. The lowest BCUT2D eigenvalue weighted by Gasteiger charge is -2.08. The van der Waals surface area contributed by atoms with E-state index in [0.717, 1.165) is 10.9 Å². The Morgan fingerprint density at radius 1 is 0.958 bits per heavy atom. The van der Waals surface area contributed by atoms with Crippen LogP contribution in [0, 0.1) is 5.82 Å². The van der Waals surface area contributed by atoms with Crippen molar-refractivity contribution >= 4 is 28.3 Å². The van der Waals surface area contributed by atoms with Gasteiger partial charge in [-0.25, -0.2) is 4.39 Å². The Balaban J connectivity index is 1.63. The molecule has 120 valence electrons. The average molecular weight is 322 g/mol. The van der Waals surface area contributed by atoms with Crippen LogP contribution >= 0.6 is 0 Å². The predicted octanol–water partition coefficient (Wildman–Crippen LogP) is 3.98. The van der Waals surface area contributed by atoms with Gasteiger partial charge in [-0.1, -0.05) is 6.07 Å². The van der Waals surface area contributed by atoms with Gasteiger partial charge in [-0.2, -0.15) is 0 Å². The number of nitrogens with one attached hydrogen (secondary N) is 1. The van der Waals surface area contributed by atoms with Crippen LogP contribution in [0.25, 0.3) is 10.9 Å². The van der Waals surface area contributed by atoms with E-state index in [1.54, 1.807) is 18.3 Å². The Kier molecular flexibility index (Phi) is 4.61. The monoisotopic (exact) mass is 322 g/mol. The summed E-state index contributed by atoms with van der Waals surface area (Å²) in [5.74, 6) is -0.833. The van der Waals surface area contributed by atoms with Crippen LogP contribution in [0.2, 0.25) is 0 Å². The Labute approximate surface area is 138 Å². The largest absolute Gasteiger partial charge is 0.325 e. The Morgan fingerprint density at radius 3 is 2.54 bits per heavy atom. The van der Waals surface area contributed by atoms with Gasteiger partial charge in [0.1, 0.15) is 5.82 Å². The third-order valence-corrected chi connectivity index (χ3v) is 3.67. The molecule has 2 aromatic carbocycles. The number of anilines is 1. The summed E-state index contributed by atoms with van der Waals surface area (Å²) in [5.41, 5.74) is 1.86. The zero-order valence-electron chi connectivity index (χ0n) is 12.8. The van der Waals surface area contributed by atoms with Crippen molar-refractivity contribution < 1.29 is 14.0 Å². The molecular formula is C19H15FN2O2. The summed E-state index contributed by atoms with van der Waals surface area (Å²) >= 11 is 0. The van der Waals surface area contributed by atoms with Crippen LogP contribution in [0.4, 0.5) is 10.1 Å². The normalized spacial score (nSPS) is 10.5.